The van der Waals surface area contributed by atoms with Crippen molar-refractivity contribution in [3.8, 4) is 5.88 Å². The van der Waals surface area contributed by atoms with E-state index >= 15 is 0 Å². The van der Waals surface area contributed by atoms with Gasteiger partial charge in [-0.25, -0.2) is 4.39 Å². The molecule has 1 saturated heterocycles. The van der Waals surface area contributed by atoms with E-state index in [1.807, 2.05) is 6.07 Å². The van der Waals surface area contributed by atoms with E-state index in [4.69, 9.17) is 10.5 Å². The SMILES string of the molecule is COc1nc(NC2CCN(CCF)C2)ccc1N. The summed E-state index contributed by atoms with van der Waals surface area (Å²) in [6, 6.07) is 3.90. The summed E-state index contributed by atoms with van der Waals surface area (Å²) >= 11 is 0. The van der Waals surface area contributed by atoms with Crippen LogP contribution in [0.3, 0.4) is 0 Å². The van der Waals surface area contributed by atoms with Crippen LogP contribution in [-0.2, 0) is 0 Å². The maximum absolute atomic E-state index is 12.2. The molecule has 1 unspecified atom stereocenters. The lowest BCUT2D eigenvalue weighted by Gasteiger charge is -2.16. The molecule has 6 heteroatoms. The predicted molar refractivity (Wildman–Crippen MR) is 69.6 cm³/mol. The van der Waals surface area contributed by atoms with Gasteiger partial charge in [0.05, 0.1) is 12.8 Å². The van der Waals surface area contributed by atoms with E-state index in [-0.39, 0.29) is 6.67 Å². The van der Waals surface area contributed by atoms with E-state index in [0.29, 0.717) is 24.2 Å². The lowest BCUT2D eigenvalue weighted by atomic mass is 10.2. The Hall–Kier alpha value is -1.56. The molecule has 1 fully saturated rings. The number of ether oxygens (including phenoxy) is 1. The number of nitrogens with one attached hydrogen (secondary N) is 1. The first-order chi connectivity index (χ1) is 8.72. The van der Waals surface area contributed by atoms with E-state index in [1.54, 1.807) is 13.2 Å². The van der Waals surface area contributed by atoms with Gasteiger partial charge >= 0.3 is 0 Å². The van der Waals surface area contributed by atoms with Crippen molar-refractivity contribution in [2.75, 3.05) is 44.5 Å². The molecule has 5 nitrogen and oxygen atoms in total. The molecular formula is C12H19FN4O. The van der Waals surface area contributed by atoms with Crippen LogP contribution < -0.4 is 15.8 Å². The van der Waals surface area contributed by atoms with Crippen LogP contribution in [-0.4, -0.2) is 49.3 Å². The number of halogens is 1. The number of nitrogens with two attached hydrogens (primary N) is 1. The summed E-state index contributed by atoms with van der Waals surface area (Å²) in [6.07, 6.45) is 0.994. The third-order valence-corrected chi connectivity index (χ3v) is 3.11. The van der Waals surface area contributed by atoms with Crippen molar-refractivity contribution in [2.24, 2.45) is 0 Å². The van der Waals surface area contributed by atoms with Crippen molar-refractivity contribution in [3.63, 3.8) is 0 Å². The third kappa shape index (κ3) is 3.01. The molecular weight excluding hydrogens is 235 g/mol. The summed E-state index contributed by atoms with van der Waals surface area (Å²) in [7, 11) is 1.54. The van der Waals surface area contributed by atoms with Gasteiger partial charge in [-0.05, 0) is 18.6 Å². The minimum absolute atomic E-state index is 0.291. The zero-order valence-corrected chi connectivity index (χ0v) is 10.5. The first kappa shape index (κ1) is 12.9. The second-order valence-electron chi connectivity index (χ2n) is 4.41. The molecule has 1 aromatic rings. The molecule has 1 aromatic heterocycles. The molecule has 1 atom stereocenters. The van der Waals surface area contributed by atoms with Crippen LogP contribution >= 0.6 is 0 Å². The van der Waals surface area contributed by atoms with Gasteiger partial charge in [-0.3, -0.25) is 4.90 Å². The number of anilines is 2. The van der Waals surface area contributed by atoms with Crippen LogP contribution in [0.15, 0.2) is 12.1 Å². The Morgan fingerprint density at radius 2 is 2.44 bits per heavy atom. The van der Waals surface area contributed by atoms with Crippen molar-refractivity contribution < 1.29 is 9.13 Å². The van der Waals surface area contributed by atoms with Gasteiger partial charge in [0.25, 0.3) is 0 Å². The number of methoxy groups -OCH3 is 1. The highest BCUT2D eigenvalue weighted by atomic mass is 19.1. The van der Waals surface area contributed by atoms with Gasteiger partial charge in [0, 0.05) is 25.7 Å². The van der Waals surface area contributed by atoms with E-state index in [1.165, 1.54) is 0 Å². The van der Waals surface area contributed by atoms with Crippen LogP contribution in [0.4, 0.5) is 15.9 Å². The van der Waals surface area contributed by atoms with Crippen LogP contribution in [0.1, 0.15) is 6.42 Å². The predicted octanol–water partition coefficient (Wildman–Crippen LogP) is 1.13. The molecule has 0 aromatic carbocycles. The van der Waals surface area contributed by atoms with Gasteiger partial charge < -0.3 is 15.8 Å². The zero-order valence-electron chi connectivity index (χ0n) is 10.5. The Morgan fingerprint density at radius 1 is 1.61 bits per heavy atom. The second kappa shape index (κ2) is 5.86. The van der Waals surface area contributed by atoms with Gasteiger partial charge in [0.15, 0.2) is 0 Å². The Labute approximate surface area is 106 Å². The first-order valence-electron chi connectivity index (χ1n) is 6.08. The Bertz CT molecular complexity index is 402. The molecule has 2 rings (SSSR count). The van der Waals surface area contributed by atoms with Crippen LogP contribution in [0.25, 0.3) is 0 Å². The standard InChI is InChI=1S/C12H19FN4O/c1-18-12-10(14)2-3-11(16-12)15-9-4-6-17(8-9)7-5-13/h2-3,9H,4-8,14H2,1H3,(H,15,16). The average Bonchev–Trinajstić information content (AvgIpc) is 2.80. The van der Waals surface area contributed by atoms with Gasteiger partial charge in [0.1, 0.15) is 12.5 Å². The van der Waals surface area contributed by atoms with Crippen LogP contribution in [0.2, 0.25) is 0 Å². The van der Waals surface area contributed by atoms with Crippen LogP contribution in [0.5, 0.6) is 5.88 Å². The fraction of sp³-hybridized carbons (Fsp3) is 0.583. The Morgan fingerprint density at radius 3 is 3.17 bits per heavy atom. The number of likely N-dealkylation sites (tertiary alicyclic amines) is 1. The van der Waals surface area contributed by atoms with Gasteiger partial charge in [-0.1, -0.05) is 0 Å². The van der Waals surface area contributed by atoms with E-state index in [9.17, 15) is 4.39 Å². The van der Waals surface area contributed by atoms with Crippen molar-refractivity contribution in [1.29, 1.82) is 0 Å². The number of hydrogen-bond donors (Lipinski definition) is 2. The first-order valence-corrected chi connectivity index (χ1v) is 6.08. The van der Waals surface area contributed by atoms with E-state index < -0.39 is 0 Å². The number of rotatable bonds is 5. The molecule has 0 radical (unpaired) electrons. The van der Waals surface area contributed by atoms with E-state index in [0.717, 1.165) is 25.3 Å². The highest BCUT2D eigenvalue weighted by Gasteiger charge is 2.22. The van der Waals surface area contributed by atoms with Gasteiger partial charge in [-0.15, -0.1) is 0 Å². The van der Waals surface area contributed by atoms with Crippen molar-refractivity contribution in [1.82, 2.24) is 9.88 Å². The molecule has 2 heterocycles. The molecule has 3 N–H and O–H groups in total. The third-order valence-electron chi connectivity index (χ3n) is 3.11. The topological polar surface area (TPSA) is 63.4 Å². The number of aromatic nitrogens is 1. The maximum atomic E-state index is 12.2. The number of nitrogens with zero attached hydrogens (tertiary/aromatic N) is 2. The smallest absolute Gasteiger partial charge is 0.238 e. The zero-order chi connectivity index (χ0) is 13.0. The number of alkyl halides is 1. The van der Waals surface area contributed by atoms with Crippen molar-refractivity contribution >= 4 is 11.5 Å². The monoisotopic (exact) mass is 254 g/mol. The largest absolute Gasteiger partial charge is 0.479 e. The van der Waals surface area contributed by atoms with Gasteiger partial charge in [0.2, 0.25) is 5.88 Å². The normalized spacial score (nSPS) is 20.0. The second-order valence-corrected chi connectivity index (χ2v) is 4.41. The summed E-state index contributed by atoms with van der Waals surface area (Å²) in [4.78, 5) is 6.38. The highest BCUT2D eigenvalue weighted by Crippen LogP contribution is 2.22. The lowest BCUT2D eigenvalue weighted by Crippen LogP contribution is -2.28. The lowest BCUT2D eigenvalue weighted by molar-refractivity contribution is 0.295. The van der Waals surface area contributed by atoms with E-state index in [2.05, 4.69) is 15.2 Å². The summed E-state index contributed by atoms with van der Waals surface area (Å²) < 4.78 is 17.3. The molecule has 100 valence electrons. The summed E-state index contributed by atoms with van der Waals surface area (Å²) in [6.45, 7) is 1.99. The molecule has 0 amide bonds. The molecule has 1 aliphatic rings. The number of nitrogen functional groups attached to an aromatic ring is 1. The molecule has 18 heavy (non-hydrogen) atoms. The number of pyridine rings is 1. The van der Waals surface area contributed by atoms with Crippen molar-refractivity contribution in [3.05, 3.63) is 12.1 Å². The molecule has 0 bridgehead atoms. The molecule has 0 spiro atoms. The quantitative estimate of drug-likeness (QED) is 0.824. The summed E-state index contributed by atoms with van der Waals surface area (Å²) in [5, 5.41) is 3.32. The van der Waals surface area contributed by atoms with Gasteiger partial charge in [-0.2, -0.15) is 4.98 Å². The Kier molecular flexibility index (Phi) is 4.19. The van der Waals surface area contributed by atoms with Crippen LogP contribution in [0, 0.1) is 0 Å². The summed E-state index contributed by atoms with van der Waals surface area (Å²) in [5.41, 5.74) is 6.23. The minimum Gasteiger partial charge on any atom is -0.479 e. The average molecular weight is 254 g/mol. The Balaban J connectivity index is 1.94. The fourth-order valence-electron chi connectivity index (χ4n) is 2.18. The maximum Gasteiger partial charge on any atom is 0.238 e. The minimum atomic E-state index is -0.291. The van der Waals surface area contributed by atoms with Crippen molar-refractivity contribution in [2.45, 2.75) is 12.5 Å². The number of hydrogen-bond acceptors (Lipinski definition) is 5. The molecule has 0 saturated carbocycles. The highest BCUT2D eigenvalue weighted by molar-refractivity contribution is 5.53. The molecule has 0 aliphatic carbocycles. The fourth-order valence-corrected chi connectivity index (χ4v) is 2.18. The summed E-state index contributed by atoms with van der Waals surface area (Å²) in [5.74, 6) is 1.17. The molecule has 1 aliphatic heterocycles.